The number of aryl methyl sites for hydroxylation is 1. The van der Waals surface area contributed by atoms with Gasteiger partial charge < -0.3 is 25.7 Å². The molecule has 0 spiro atoms. The lowest BCUT2D eigenvalue weighted by molar-refractivity contribution is 0.0909. The average molecular weight is 445 g/mol. The van der Waals surface area contributed by atoms with E-state index in [1.54, 1.807) is 30.5 Å². The summed E-state index contributed by atoms with van der Waals surface area (Å²) in [5, 5.41) is 6.79. The molecule has 2 aromatic heterocycles. The molecule has 0 fully saturated rings. The minimum absolute atomic E-state index is 0.149. The topological polar surface area (TPSA) is 107 Å². The Labute approximate surface area is 187 Å². The molecule has 0 aliphatic heterocycles. The minimum atomic E-state index is -0.149. The summed E-state index contributed by atoms with van der Waals surface area (Å²) >= 11 is 5.85. The Bertz CT molecular complexity index is 1020. The molecule has 0 aliphatic rings. The lowest BCUT2D eigenvalue weighted by Gasteiger charge is -2.13. The summed E-state index contributed by atoms with van der Waals surface area (Å²) in [6, 6.07) is 6.78. The maximum absolute atomic E-state index is 12.1. The number of rotatable bonds is 11. The van der Waals surface area contributed by atoms with Crippen molar-refractivity contribution in [3.05, 3.63) is 46.9 Å². The first-order valence-electron chi connectivity index (χ1n) is 10.5. The summed E-state index contributed by atoms with van der Waals surface area (Å²) in [5.74, 6) is 1.25. The van der Waals surface area contributed by atoms with Gasteiger partial charge in [0.05, 0.1) is 30.6 Å². The number of nitrogen functional groups attached to an aromatic ring is 1. The van der Waals surface area contributed by atoms with Crippen molar-refractivity contribution in [3.8, 4) is 0 Å². The number of fused-ring (bicyclic) bond motifs is 1. The number of hydrogen-bond donors (Lipinski definition) is 3. The van der Waals surface area contributed by atoms with Crippen molar-refractivity contribution in [2.24, 2.45) is 0 Å². The van der Waals surface area contributed by atoms with Gasteiger partial charge in [0.1, 0.15) is 11.3 Å². The second-order valence-electron chi connectivity index (χ2n) is 7.09. The maximum atomic E-state index is 12.1. The fraction of sp³-hybridized carbons (Fsp3) is 0.409. The first kappa shape index (κ1) is 22.8. The van der Waals surface area contributed by atoms with Gasteiger partial charge in [-0.2, -0.15) is 0 Å². The predicted octanol–water partition coefficient (Wildman–Crippen LogP) is 3.50. The van der Waals surface area contributed by atoms with Gasteiger partial charge in [0, 0.05) is 36.6 Å². The van der Waals surface area contributed by atoms with Crippen LogP contribution in [0, 0.1) is 0 Å². The molecule has 8 nitrogen and oxygen atoms in total. The third-order valence-corrected chi connectivity index (χ3v) is 5.07. The highest BCUT2D eigenvalue weighted by Gasteiger charge is 2.16. The predicted molar refractivity (Wildman–Crippen MR) is 125 cm³/mol. The quantitative estimate of drug-likeness (QED) is 0.391. The van der Waals surface area contributed by atoms with E-state index >= 15 is 0 Å². The standard InChI is InChI=1S/C22H29ClN6O2/c1-3-5-18-28-19-20(17(25-4-2)14-27-21(19)24)29(18)11-13-31-12-10-26-22(30)15-6-8-16(23)9-7-15/h6-9,14,25H,3-5,10-13H2,1-2H3,(H2,24,27)(H,26,30). The number of anilines is 2. The zero-order chi connectivity index (χ0) is 22.2. The Morgan fingerprint density at radius 3 is 2.71 bits per heavy atom. The monoisotopic (exact) mass is 444 g/mol. The summed E-state index contributed by atoms with van der Waals surface area (Å²) in [6.45, 7) is 6.91. The van der Waals surface area contributed by atoms with Crippen molar-refractivity contribution in [1.29, 1.82) is 0 Å². The van der Waals surface area contributed by atoms with E-state index in [4.69, 9.17) is 27.1 Å². The summed E-state index contributed by atoms with van der Waals surface area (Å²) < 4.78 is 7.93. The van der Waals surface area contributed by atoms with Crippen LogP contribution in [0.1, 0.15) is 36.5 Å². The molecule has 31 heavy (non-hydrogen) atoms. The number of ether oxygens (including phenoxy) is 1. The number of pyridine rings is 1. The van der Waals surface area contributed by atoms with Crippen molar-refractivity contribution in [2.45, 2.75) is 33.2 Å². The summed E-state index contributed by atoms with van der Waals surface area (Å²) in [5.41, 5.74) is 9.24. The van der Waals surface area contributed by atoms with Crippen LogP contribution in [-0.2, 0) is 17.7 Å². The maximum Gasteiger partial charge on any atom is 0.251 e. The van der Waals surface area contributed by atoms with Crippen LogP contribution in [0.2, 0.25) is 5.02 Å². The average Bonchev–Trinajstić information content (AvgIpc) is 3.12. The van der Waals surface area contributed by atoms with E-state index in [0.717, 1.165) is 41.9 Å². The Hall–Kier alpha value is -2.84. The number of aromatic nitrogens is 3. The van der Waals surface area contributed by atoms with Gasteiger partial charge in [0.2, 0.25) is 0 Å². The van der Waals surface area contributed by atoms with Crippen LogP contribution >= 0.6 is 11.6 Å². The lowest BCUT2D eigenvalue weighted by atomic mass is 10.2. The van der Waals surface area contributed by atoms with Crippen molar-refractivity contribution in [2.75, 3.05) is 37.4 Å². The van der Waals surface area contributed by atoms with Crippen LogP contribution in [-0.4, -0.2) is 46.7 Å². The minimum Gasteiger partial charge on any atom is -0.382 e. The van der Waals surface area contributed by atoms with E-state index in [1.807, 2.05) is 6.92 Å². The van der Waals surface area contributed by atoms with E-state index < -0.39 is 0 Å². The molecule has 1 aromatic carbocycles. The lowest BCUT2D eigenvalue weighted by Crippen LogP contribution is -2.27. The Balaban J connectivity index is 1.58. The molecule has 0 bridgehead atoms. The van der Waals surface area contributed by atoms with E-state index in [-0.39, 0.29) is 5.91 Å². The molecular formula is C22H29ClN6O2. The first-order valence-corrected chi connectivity index (χ1v) is 10.9. The second kappa shape index (κ2) is 11.0. The largest absolute Gasteiger partial charge is 0.382 e. The molecule has 4 N–H and O–H groups in total. The molecule has 0 saturated carbocycles. The molecule has 9 heteroatoms. The number of benzene rings is 1. The van der Waals surface area contributed by atoms with Crippen LogP contribution in [0.15, 0.2) is 30.5 Å². The SMILES string of the molecule is CCCc1nc2c(N)ncc(NCC)c2n1CCOCCNC(=O)c1ccc(Cl)cc1. The number of halogens is 1. The van der Waals surface area contributed by atoms with Crippen molar-refractivity contribution in [3.63, 3.8) is 0 Å². The highest BCUT2D eigenvalue weighted by Crippen LogP contribution is 2.28. The van der Waals surface area contributed by atoms with E-state index in [1.165, 1.54) is 0 Å². The molecule has 166 valence electrons. The summed E-state index contributed by atoms with van der Waals surface area (Å²) in [4.78, 5) is 21.1. The Morgan fingerprint density at radius 1 is 1.23 bits per heavy atom. The van der Waals surface area contributed by atoms with Gasteiger partial charge in [-0.15, -0.1) is 0 Å². The first-order chi connectivity index (χ1) is 15.0. The molecule has 2 heterocycles. The molecule has 3 rings (SSSR count). The number of nitrogens with one attached hydrogen (secondary N) is 2. The molecular weight excluding hydrogens is 416 g/mol. The van der Waals surface area contributed by atoms with Crippen LogP contribution < -0.4 is 16.4 Å². The van der Waals surface area contributed by atoms with Crippen molar-refractivity contribution >= 4 is 40.0 Å². The highest BCUT2D eigenvalue weighted by molar-refractivity contribution is 6.30. The normalized spacial score (nSPS) is 11.1. The highest BCUT2D eigenvalue weighted by atomic mass is 35.5. The summed E-state index contributed by atoms with van der Waals surface area (Å²) in [7, 11) is 0. The van der Waals surface area contributed by atoms with Gasteiger partial charge in [0.25, 0.3) is 5.91 Å². The van der Waals surface area contributed by atoms with Gasteiger partial charge >= 0.3 is 0 Å². The van der Waals surface area contributed by atoms with Crippen LogP contribution in [0.25, 0.3) is 11.0 Å². The van der Waals surface area contributed by atoms with Gasteiger partial charge in [-0.1, -0.05) is 18.5 Å². The molecule has 0 radical (unpaired) electrons. The number of nitrogens with two attached hydrogens (primary N) is 1. The Kier molecular flexibility index (Phi) is 8.08. The van der Waals surface area contributed by atoms with Crippen LogP contribution in [0.5, 0.6) is 0 Å². The smallest absolute Gasteiger partial charge is 0.251 e. The molecule has 3 aromatic rings. The Morgan fingerprint density at radius 2 is 2.00 bits per heavy atom. The number of imidazole rings is 1. The van der Waals surface area contributed by atoms with Crippen molar-refractivity contribution in [1.82, 2.24) is 19.9 Å². The van der Waals surface area contributed by atoms with E-state index in [9.17, 15) is 4.79 Å². The number of amides is 1. The molecule has 1 amide bonds. The van der Waals surface area contributed by atoms with Crippen LogP contribution in [0.3, 0.4) is 0 Å². The fourth-order valence-corrected chi connectivity index (χ4v) is 3.51. The number of carbonyl (C=O) groups is 1. The number of hydrogen-bond acceptors (Lipinski definition) is 6. The van der Waals surface area contributed by atoms with E-state index in [2.05, 4.69) is 27.1 Å². The second-order valence-corrected chi connectivity index (χ2v) is 7.53. The van der Waals surface area contributed by atoms with Crippen molar-refractivity contribution < 1.29 is 9.53 Å². The molecule has 0 atom stereocenters. The molecule has 0 unspecified atom stereocenters. The van der Waals surface area contributed by atoms with Gasteiger partial charge in [0.15, 0.2) is 5.82 Å². The zero-order valence-corrected chi connectivity index (χ0v) is 18.7. The van der Waals surface area contributed by atoms with Gasteiger partial charge in [-0.25, -0.2) is 9.97 Å². The zero-order valence-electron chi connectivity index (χ0n) is 17.9. The number of carbonyl (C=O) groups excluding carboxylic acids is 1. The fourth-order valence-electron chi connectivity index (χ4n) is 3.38. The molecule has 0 saturated heterocycles. The van der Waals surface area contributed by atoms with Crippen LogP contribution in [0.4, 0.5) is 11.5 Å². The summed E-state index contributed by atoms with van der Waals surface area (Å²) in [6.07, 6.45) is 3.57. The van der Waals surface area contributed by atoms with Gasteiger partial charge in [-0.05, 0) is 37.6 Å². The number of nitrogens with zero attached hydrogens (tertiary/aromatic N) is 3. The third-order valence-electron chi connectivity index (χ3n) is 4.82. The third kappa shape index (κ3) is 5.65. The molecule has 0 aliphatic carbocycles. The van der Waals surface area contributed by atoms with E-state index in [0.29, 0.717) is 42.7 Å². The van der Waals surface area contributed by atoms with Gasteiger partial charge in [-0.3, -0.25) is 4.79 Å².